The van der Waals surface area contributed by atoms with Gasteiger partial charge < -0.3 is 5.32 Å². The molecule has 0 aliphatic carbocycles. The van der Waals surface area contributed by atoms with E-state index in [9.17, 15) is 13.2 Å². The average Bonchev–Trinajstić information content (AvgIpc) is 2.45. The van der Waals surface area contributed by atoms with Gasteiger partial charge in [-0.25, -0.2) is 12.7 Å². The van der Waals surface area contributed by atoms with Crippen LogP contribution in [0.15, 0.2) is 17.0 Å². The molecule has 0 saturated carbocycles. The van der Waals surface area contributed by atoms with Crippen molar-refractivity contribution < 1.29 is 13.2 Å². The highest BCUT2D eigenvalue weighted by molar-refractivity contribution is 7.89. The predicted molar refractivity (Wildman–Crippen MR) is 93.1 cm³/mol. The summed E-state index contributed by atoms with van der Waals surface area (Å²) in [5.41, 5.74) is 2.56. The number of carbonyl (C=O) groups excluding carboxylic acids is 1. The largest absolute Gasteiger partial charge is 0.359 e. The molecule has 0 aliphatic rings. The summed E-state index contributed by atoms with van der Waals surface area (Å²) in [7, 11) is -0.576. The number of aryl methyl sites for hydroxylation is 1. The van der Waals surface area contributed by atoms with E-state index < -0.39 is 10.0 Å². The van der Waals surface area contributed by atoms with Crippen molar-refractivity contribution in [3.05, 3.63) is 28.8 Å². The first kappa shape index (κ1) is 19.6. The van der Waals surface area contributed by atoms with Gasteiger partial charge in [-0.05, 0) is 42.0 Å². The maximum absolute atomic E-state index is 12.9. The van der Waals surface area contributed by atoms with Gasteiger partial charge in [0.15, 0.2) is 0 Å². The molecule has 6 heteroatoms. The van der Waals surface area contributed by atoms with Gasteiger partial charge in [-0.1, -0.05) is 26.8 Å². The first-order valence-electron chi connectivity index (χ1n) is 7.70. The van der Waals surface area contributed by atoms with Crippen LogP contribution in [0.5, 0.6) is 0 Å². The second-order valence-corrected chi connectivity index (χ2v) is 8.93. The molecule has 0 saturated heterocycles. The summed E-state index contributed by atoms with van der Waals surface area (Å²) in [6, 6.07) is 3.80. The normalized spacial score (nSPS) is 12.5. The monoisotopic (exact) mass is 340 g/mol. The summed E-state index contributed by atoms with van der Waals surface area (Å²) in [4.78, 5) is 11.7. The number of sulfonamides is 1. The molecule has 5 nitrogen and oxygen atoms in total. The Bertz CT molecular complexity index is 689. The number of nitrogens with one attached hydrogen (secondary N) is 1. The Kier molecular flexibility index (Phi) is 5.99. The fraction of sp³-hybridized carbons (Fsp3) is 0.588. The lowest BCUT2D eigenvalue weighted by atomic mass is 9.85. The number of rotatable bonds is 5. The molecule has 1 aromatic carbocycles. The first-order valence-corrected chi connectivity index (χ1v) is 9.14. The van der Waals surface area contributed by atoms with Crippen molar-refractivity contribution in [2.45, 2.75) is 51.3 Å². The van der Waals surface area contributed by atoms with Crippen LogP contribution in [0.3, 0.4) is 0 Å². The molecule has 0 unspecified atom stereocenters. The third kappa shape index (κ3) is 4.54. The number of hydrogen-bond acceptors (Lipinski definition) is 3. The highest BCUT2D eigenvalue weighted by Crippen LogP contribution is 2.30. The van der Waals surface area contributed by atoms with Crippen LogP contribution in [0.1, 0.15) is 43.9 Å². The van der Waals surface area contributed by atoms with Crippen LogP contribution in [0, 0.1) is 13.8 Å². The molecule has 0 bridgehead atoms. The molecule has 23 heavy (non-hydrogen) atoms. The van der Waals surface area contributed by atoms with Gasteiger partial charge in [-0.15, -0.1) is 0 Å². The molecule has 0 fully saturated rings. The lowest BCUT2D eigenvalue weighted by molar-refractivity contribution is -0.120. The van der Waals surface area contributed by atoms with Crippen LogP contribution < -0.4 is 5.32 Å². The van der Waals surface area contributed by atoms with Crippen molar-refractivity contribution in [1.82, 2.24) is 9.62 Å². The zero-order chi connectivity index (χ0) is 18.0. The Labute approximate surface area is 140 Å². The van der Waals surface area contributed by atoms with Gasteiger partial charge in [0.2, 0.25) is 15.9 Å². The smallest absolute Gasteiger partial charge is 0.243 e. The second-order valence-electron chi connectivity index (χ2n) is 6.92. The highest BCUT2D eigenvalue weighted by atomic mass is 32.2. The lowest BCUT2D eigenvalue weighted by Gasteiger charge is -2.24. The van der Waals surface area contributed by atoms with Crippen LogP contribution in [0.2, 0.25) is 0 Å². The molecule has 130 valence electrons. The van der Waals surface area contributed by atoms with Crippen LogP contribution in [0.25, 0.3) is 0 Å². The zero-order valence-electron chi connectivity index (χ0n) is 15.1. The van der Waals surface area contributed by atoms with E-state index in [1.54, 1.807) is 6.07 Å². The zero-order valence-corrected chi connectivity index (χ0v) is 16.0. The van der Waals surface area contributed by atoms with Crippen LogP contribution in [-0.4, -0.2) is 39.3 Å². The SMILES string of the molecule is CNC(=O)CCN(C)S(=O)(=O)c1cc(C(C)(C)C)cc(C)c1C. The maximum atomic E-state index is 12.9. The molecule has 0 radical (unpaired) electrons. The van der Waals surface area contributed by atoms with Crippen molar-refractivity contribution >= 4 is 15.9 Å². The van der Waals surface area contributed by atoms with Crippen molar-refractivity contribution in [2.75, 3.05) is 20.6 Å². The van der Waals surface area contributed by atoms with Crippen molar-refractivity contribution in [3.8, 4) is 0 Å². The summed E-state index contributed by atoms with van der Waals surface area (Å²) < 4.78 is 27.0. The molecule has 1 rings (SSSR count). The second kappa shape index (κ2) is 7.01. The minimum atomic E-state index is -3.63. The van der Waals surface area contributed by atoms with Gasteiger partial charge in [0.1, 0.15) is 0 Å². The minimum Gasteiger partial charge on any atom is -0.359 e. The molecule has 0 spiro atoms. The summed E-state index contributed by atoms with van der Waals surface area (Å²) >= 11 is 0. The van der Waals surface area contributed by atoms with Gasteiger partial charge in [0.05, 0.1) is 4.90 Å². The molecule has 0 heterocycles. The van der Waals surface area contributed by atoms with Gasteiger partial charge in [-0.2, -0.15) is 0 Å². The Hall–Kier alpha value is -1.40. The van der Waals surface area contributed by atoms with Gasteiger partial charge in [0.25, 0.3) is 0 Å². The Balaban J connectivity index is 3.27. The first-order chi connectivity index (χ1) is 10.4. The third-order valence-electron chi connectivity index (χ3n) is 4.11. The molecule has 0 aliphatic heterocycles. The molecule has 1 aromatic rings. The summed E-state index contributed by atoms with van der Waals surface area (Å²) in [6.07, 6.45) is 0.142. The Morgan fingerprint density at radius 1 is 1.22 bits per heavy atom. The van der Waals surface area contributed by atoms with E-state index >= 15 is 0 Å². The number of amides is 1. The topological polar surface area (TPSA) is 66.5 Å². The lowest BCUT2D eigenvalue weighted by Crippen LogP contribution is -2.32. The Morgan fingerprint density at radius 3 is 2.26 bits per heavy atom. The molecule has 0 aromatic heterocycles. The highest BCUT2D eigenvalue weighted by Gasteiger charge is 2.26. The predicted octanol–water partition coefficient (Wildman–Crippen LogP) is 2.36. The molecular weight excluding hydrogens is 312 g/mol. The van der Waals surface area contributed by atoms with Crippen LogP contribution >= 0.6 is 0 Å². The molecule has 1 amide bonds. The summed E-state index contributed by atoms with van der Waals surface area (Å²) in [5.74, 6) is -0.177. The van der Waals surface area contributed by atoms with Crippen LogP contribution in [0.4, 0.5) is 0 Å². The van der Waals surface area contributed by atoms with Crippen molar-refractivity contribution in [3.63, 3.8) is 0 Å². The van der Waals surface area contributed by atoms with Crippen LogP contribution in [-0.2, 0) is 20.2 Å². The summed E-state index contributed by atoms with van der Waals surface area (Å²) in [6.45, 7) is 10.1. The van der Waals surface area contributed by atoms with Gasteiger partial charge in [-0.3, -0.25) is 4.79 Å². The summed E-state index contributed by atoms with van der Waals surface area (Å²) in [5, 5.41) is 2.50. The van der Waals surface area contributed by atoms with Crippen molar-refractivity contribution in [1.29, 1.82) is 0 Å². The van der Waals surface area contributed by atoms with E-state index in [0.717, 1.165) is 16.7 Å². The average molecular weight is 340 g/mol. The Morgan fingerprint density at radius 2 is 1.78 bits per heavy atom. The van der Waals surface area contributed by atoms with Gasteiger partial charge in [0, 0.05) is 27.1 Å². The molecule has 0 atom stereocenters. The number of benzene rings is 1. The van der Waals surface area contributed by atoms with E-state index in [4.69, 9.17) is 0 Å². The minimum absolute atomic E-state index is 0.136. The van der Waals surface area contributed by atoms with E-state index in [1.807, 2.05) is 19.9 Å². The number of carbonyl (C=O) groups is 1. The molecular formula is C17H28N2O3S. The fourth-order valence-corrected chi connectivity index (χ4v) is 3.69. The molecule has 1 N–H and O–H groups in total. The van der Waals surface area contributed by atoms with Crippen molar-refractivity contribution in [2.24, 2.45) is 0 Å². The fourth-order valence-electron chi connectivity index (χ4n) is 2.20. The quantitative estimate of drug-likeness (QED) is 0.895. The van der Waals surface area contributed by atoms with E-state index in [2.05, 4.69) is 26.1 Å². The number of hydrogen-bond donors (Lipinski definition) is 1. The maximum Gasteiger partial charge on any atom is 0.243 e. The van der Waals surface area contributed by atoms with E-state index in [1.165, 1.54) is 18.4 Å². The van der Waals surface area contributed by atoms with E-state index in [0.29, 0.717) is 4.90 Å². The van der Waals surface area contributed by atoms with E-state index in [-0.39, 0.29) is 24.3 Å². The number of nitrogens with zero attached hydrogens (tertiary/aromatic N) is 1. The standard InChI is InChI=1S/C17H28N2O3S/c1-12-10-14(17(3,4)5)11-15(13(12)2)23(21,22)19(7)9-8-16(20)18-6/h10-11H,8-9H2,1-7H3,(H,18,20). The third-order valence-corrected chi connectivity index (χ3v) is 6.09. The van der Waals surface area contributed by atoms with Gasteiger partial charge >= 0.3 is 0 Å².